The largest absolute Gasteiger partial charge is 0.493 e. The second-order valence-electron chi connectivity index (χ2n) is 3.53. The molecule has 0 aliphatic carbocycles. The minimum absolute atomic E-state index is 0.0337. The fourth-order valence-corrected chi connectivity index (χ4v) is 1.59. The third-order valence-corrected chi connectivity index (χ3v) is 2.40. The molecule has 2 aromatic heterocycles. The van der Waals surface area contributed by atoms with E-state index >= 15 is 0 Å². The Morgan fingerprint density at radius 2 is 2.11 bits per heavy atom. The molecule has 18 heavy (non-hydrogen) atoms. The molecule has 2 heterocycles. The third-order valence-electron chi connectivity index (χ3n) is 2.40. The van der Waals surface area contributed by atoms with Gasteiger partial charge in [0.1, 0.15) is 5.69 Å². The van der Waals surface area contributed by atoms with Crippen LogP contribution >= 0.6 is 0 Å². The second-order valence-corrected chi connectivity index (χ2v) is 3.53. The van der Waals surface area contributed by atoms with Crippen molar-refractivity contribution in [3.8, 4) is 5.75 Å². The third kappa shape index (κ3) is 1.79. The van der Waals surface area contributed by atoms with Crippen molar-refractivity contribution in [3.63, 3.8) is 0 Å². The topological polar surface area (TPSA) is 56.5 Å². The number of aryl methyl sites for hydroxylation is 1. The summed E-state index contributed by atoms with van der Waals surface area (Å²) in [5.41, 5.74) is -1.35. The fourth-order valence-electron chi connectivity index (χ4n) is 1.59. The molecule has 0 spiro atoms. The van der Waals surface area contributed by atoms with Gasteiger partial charge in [0.2, 0.25) is 0 Å². The Hall–Kier alpha value is -2.12. The number of rotatable bonds is 2. The Labute approximate surface area is 99.2 Å². The minimum Gasteiger partial charge on any atom is -0.493 e. The maximum atomic E-state index is 12.7. The van der Waals surface area contributed by atoms with Gasteiger partial charge in [0.15, 0.2) is 23.4 Å². The van der Waals surface area contributed by atoms with Crippen LogP contribution in [0.5, 0.6) is 5.75 Å². The van der Waals surface area contributed by atoms with Gasteiger partial charge in [-0.2, -0.15) is 18.3 Å². The van der Waals surface area contributed by atoms with E-state index in [-0.39, 0.29) is 22.8 Å². The lowest BCUT2D eigenvalue weighted by molar-refractivity contribution is -0.141. The first kappa shape index (κ1) is 12.3. The molecule has 8 heteroatoms. The van der Waals surface area contributed by atoms with Crippen molar-refractivity contribution in [2.75, 3.05) is 7.11 Å². The van der Waals surface area contributed by atoms with E-state index in [1.165, 1.54) is 20.1 Å². The maximum Gasteiger partial charge on any atom is 0.435 e. The number of carbonyl (C=O) groups is 1. The van der Waals surface area contributed by atoms with Crippen molar-refractivity contribution in [2.24, 2.45) is 0 Å². The van der Waals surface area contributed by atoms with Crippen LogP contribution in [0.3, 0.4) is 0 Å². The predicted molar refractivity (Wildman–Crippen MR) is 54.7 cm³/mol. The lowest BCUT2D eigenvalue weighted by Crippen LogP contribution is -2.08. The minimum atomic E-state index is -4.58. The van der Waals surface area contributed by atoms with Gasteiger partial charge in [-0.3, -0.25) is 4.79 Å². The molecule has 0 saturated heterocycles. The number of aldehydes is 1. The number of alkyl halides is 3. The lowest BCUT2D eigenvalue weighted by atomic mass is 10.3. The van der Waals surface area contributed by atoms with Gasteiger partial charge in [0.05, 0.1) is 12.8 Å². The highest BCUT2D eigenvalue weighted by atomic mass is 19.4. The molecule has 2 rings (SSSR count). The molecule has 0 radical (unpaired) electrons. The van der Waals surface area contributed by atoms with Gasteiger partial charge in [0.25, 0.3) is 0 Å². The van der Waals surface area contributed by atoms with Gasteiger partial charge in [0, 0.05) is 6.07 Å². The highest BCUT2D eigenvalue weighted by Gasteiger charge is 2.37. The summed E-state index contributed by atoms with van der Waals surface area (Å²) >= 11 is 0. The van der Waals surface area contributed by atoms with Gasteiger partial charge < -0.3 is 4.74 Å². The first-order valence-electron chi connectivity index (χ1n) is 4.85. The molecule has 0 saturated carbocycles. The van der Waals surface area contributed by atoms with Crippen LogP contribution in [0, 0.1) is 6.92 Å². The Morgan fingerprint density at radius 3 is 2.61 bits per heavy atom. The molecule has 0 fully saturated rings. The van der Waals surface area contributed by atoms with E-state index < -0.39 is 11.9 Å². The van der Waals surface area contributed by atoms with E-state index in [0.717, 1.165) is 4.52 Å². The van der Waals surface area contributed by atoms with Crippen molar-refractivity contribution in [2.45, 2.75) is 13.1 Å². The van der Waals surface area contributed by atoms with Crippen LogP contribution in [0.1, 0.15) is 21.9 Å². The molecule has 2 aromatic rings. The number of imidazole rings is 1. The Kier molecular flexibility index (Phi) is 2.72. The first-order valence-corrected chi connectivity index (χ1v) is 4.85. The quantitative estimate of drug-likeness (QED) is 0.772. The van der Waals surface area contributed by atoms with Crippen LogP contribution in [0.25, 0.3) is 5.65 Å². The van der Waals surface area contributed by atoms with E-state index in [9.17, 15) is 18.0 Å². The van der Waals surface area contributed by atoms with Gasteiger partial charge >= 0.3 is 6.18 Å². The molecule has 0 aliphatic rings. The number of aromatic nitrogens is 3. The summed E-state index contributed by atoms with van der Waals surface area (Å²) in [6.07, 6.45) is -4.15. The number of hydrogen-bond donors (Lipinski definition) is 0. The molecule has 0 aromatic carbocycles. The lowest BCUT2D eigenvalue weighted by Gasteiger charge is -2.03. The fraction of sp³-hybridized carbons (Fsp3) is 0.300. The van der Waals surface area contributed by atoms with Crippen LogP contribution in [0.2, 0.25) is 0 Å². The molecule has 0 bridgehead atoms. The Morgan fingerprint density at radius 1 is 1.44 bits per heavy atom. The summed E-state index contributed by atoms with van der Waals surface area (Å²) in [7, 11) is 1.28. The zero-order valence-corrected chi connectivity index (χ0v) is 9.45. The first-order chi connectivity index (χ1) is 8.38. The van der Waals surface area contributed by atoms with Crippen LogP contribution in [0.4, 0.5) is 13.2 Å². The van der Waals surface area contributed by atoms with Crippen molar-refractivity contribution >= 4 is 11.9 Å². The van der Waals surface area contributed by atoms with E-state index in [4.69, 9.17) is 4.74 Å². The number of halogens is 3. The highest BCUT2D eigenvalue weighted by molar-refractivity contribution is 5.74. The second kappa shape index (κ2) is 3.97. The normalized spacial score (nSPS) is 11.8. The number of hydrogen-bond acceptors (Lipinski definition) is 4. The van der Waals surface area contributed by atoms with Gasteiger partial charge in [-0.1, -0.05) is 0 Å². The van der Waals surface area contributed by atoms with Crippen molar-refractivity contribution in [1.82, 2.24) is 14.6 Å². The monoisotopic (exact) mass is 259 g/mol. The van der Waals surface area contributed by atoms with Crippen molar-refractivity contribution in [1.29, 1.82) is 0 Å². The number of nitrogens with zero attached hydrogens (tertiary/aromatic N) is 3. The summed E-state index contributed by atoms with van der Waals surface area (Å²) < 4.78 is 43.9. The summed E-state index contributed by atoms with van der Waals surface area (Å²) in [6, 6.07) is 1.23. The zero-order chi connectivity index (χ0) is 13.5. The Bertz CT molecular complexity index is 619. The SMILES string of the molecule is COc1cc(C=O)nn2c(C)c(C(F)(F)F)nc12. The average Bonchev–Trinajstić information content (AvgIpc) is 2.65. The van der Waals surface area contributed by atoms with Gasteiger partial charge in [-0.05, 0) is 6.92 Å². The number of carbonyl (C=O) groups excluding carboxylic acids is 1. The molecule has 5 nitrogen and oxygen atoms in total. The van der Waals surface area contributed by atoms with E-state index in [1.807, 2.05) is 0 Å². The van der Waals surface area contributed by atoms with Crippen molar-refractivity contribution < 1.29 is 22.7 Å². The highest BCUT2D eigenvalue weighted by Crippen LogP contribution is 2.33. The van der Waals surface area contributed by atoms with Gasteiger partial charge in [-0.25, -0.2) is 9.50 Å². The summed E-state index contributed by atoms with van der Waals surface area (Å²) in [5.74, 6) is 0.0608. The standard InChI is InChI=1S/C10H8F3N3O2/c1-5-8(10(11,12)13)14-9-7(18-2)3-6(4-17)15-16(5)9/h3-4H,1-2H3. The van der Waals surface area contributed by atoms with Crippen molar-refractivity contribution in [3.05, 3.63) is 23.1 Å². The molecule has 0 N–H and O–H groups in total. The van der Waals surface area contributed by atoms with E-state index in [2.05, 4.69) is 10.1 Å². The molecule has 96 valence electrons. The number of fused-ring (bicyclic) bond motifs is 1. The summed E-state index contributed by atoms with van der Waals surface area (Å²) in [5, 5.41) is 3.74. The van der Waals surface area contributed by atoms with Crippen LogP contribution in [-0.2, 0) is 6.18 Å². The zero-order valence-electron chi connectivity index (χ0n) is 9.45. The van der Waals surface area contributed by atoms with Crippen LogP contribution < -0.4 is 4.74 Å². The molecular weight excluding hydrogens is 251 g/mol. The van der Waals surface area contributed by atoms with E-state index in [1.54, 1.807) is 0 Å². The molecule has 0 atom stereocenters. The summed E-state index contributed by atoms with van der Waals surface area (Å²) in [4.78, 5) is 14.1. The Balaban J connectivity index is 2.83. The summed E-state index contributed by atoms with van der Waals surface area (Å²) in [6.45, 7) is 1.23. The predicted octanol–water partition coefficient (Wildman–Crippen LogP) is 1.88. The average molecular weight is 259 g/mol. The van der Waals surface area contributed by atoms with Gasteiger partial charge in [-0.15, -0.1) is 0 Å². The number of methoxy groups -OCH3 is 1. The van der Waals surface area contributed by atoms with Crippen LogP contribution in [-0.4, -0.2) is 28.0 Å². The molecule has 0 aliphatic heterocycles. The number of ether oxygens (including phenoxy) is 1. The molecular formula is C10H8F3N3O2. The van der Waals surface area contributed by atoms with Crippen LogP contribution in [0.15, 0.2) is 6.07 Å². The molecule has 0 unspecified atom stereocenters. The maximum absolute atomic E-state index is 12.7. The van der Waals surface area contributed by atoms with E-state index in [0.29, 0.717) is 6.29 Å². The smallest absolute Gasteiger partial charge is 0.435 e. The molecule has 0 amide bonds.